The van der Waals surface area contributed by atoms with Gasteiger partial charge in [0.2, 0.25) is 0 Å². The molecule has 0 N–H and O–H groups in total. The molecule has 0 unspecified atom stereocenters. The second-order valence-corrected chi connectivity index (χ2v) is 8.16. The van der Waals surface area contributed by atoms with Crippen LogP contribution in [0.15, 0.2) is 83.7 Å². The van der Waals surface area contributed by atoms with Crippen LogP contribution in [0.1, 0.15) is 21.6 Å². The highest BCUT2D eigenvalue weighted by atomic mass is 35.5. The van der Waals surface area contributed by atoms with Gasteiger partial charge in [-0.05, 0) is 36.8 Å². The van der Waals surface area contributed by atoms with Crippen molar-refractivity contribution in [1.82, 2.24) is 4.57 Å². The third-order valence-corrected chi connectivity index (χ3v) is 5.99. The third-order valence-electron chi connectivity index (χ3n) is 5.05. The van der Waals surface area contributed by atoms with E-state index in [1.807, 2.05) is 30.3 Å². The summed E-state index contributed by atoms with van der Waals surface area (Å²) in [5.41, 5.74) is 2.38. The lowest BCUT2D eigenvalue weighted by Crippen LogP contribution is -2.25. The van der Waals surface area contributed by atoms with Gasteiger partial charge in [-0.1, -0.05) is 83.3 Å². The summed E-state index contributed by atoms with van der Waals surface area (Å²) >= 11 is 19.1. The van der Waals surface area contributed by atoms with Gasteiger partial charge in [-0.25, -0.2) is 0 Å². The van der Waals surface area contributed by atoms with Crippen LogP contribution < -0.4 is 5.56 Å². The number of benzene rings is 3. The summed E-state index contributed by atoms with van der Waals surface area (Å²) in [6.45, 7) is 1.71. The number of ketones is 1. The van der Waals surface area contributed by atoms with Gasteiger partial charge in [0, 0.05) is 22.9 Å². The van der Waals surface area contributed by atoms with E-state index in [1.165, 1.54) is 10.6 Å². The number of rotatable bonds is 4. The Balaban J connectivity index is 2.09. The van der Waals surface area contributed by atoms with Crippen LogP contribution in [0, 0.1) is 6.92 Å². The van der Waals surface area contributed by atoms with Crippen LogP contribution in [-0.4, -0.2) is 10.4 Å². The van der Waals surface area contributed by atoms with Crippen LogP contribution in [0.3, 0.4) is 0 Å². The Hall–Kier alpha value is -2.85. The highest BCUT2D eigenvalue weighted by molar-refractivity contribution is 6.38. The number of aromatic nitrogens is 1. The predicted octanol–water partition coefficient (Wildman–Crippen LogP) is 7.00. The van der Waals surface area contributed by atoms with E-state index in [-0.39, 0.29) is 11.3 Å². The Bertz CT molecular complexity index is 1340. The Kier molecular flexibility index (Phi) is 6.01. The van der Waals surface area contributed by atoms with Gasteiger partial charge in [0.15, 0.2) is 5.78 Å². The maximum atomic E-state index is 13.7. The Morgan fingerprint density at radius 1 is 0.774 bits per heavy atom. The molecule has 0 fully saturated rings. The quantitative estimate of drug-likeness (QED) is 0.302. The molecule has 0 saturated heterocycles. The summed E-state index contributed by atoms with van der Waals surface area (Å²) < 4.78 is 1.38. The molecule has 0 aliphatic rings. The topological polar surface area (TPSA) is 39.1 Å². The lowest BCUT2D eigenvalue weighted by atomic mass is 9.92. The van der Waals surface area contributed by atoms with E-state index in [1.54, 1.807) is 49.4 Å². The molecule has 6 heteroatoms. The normalized spacial score (nSPS) is 10.8. The molecular weight excluding hydrogens is 453 g/mol. The van der Waals surface area contributed by atoms with Crippen LogP contribution in [-0.2, 0) is 0 Å². The van der Waals surface area contributed by atoms with Gasteiger partial charge >= 0.3 is 0 Å². The molecular formula is C25H16Cl3NO2. The van der Waals surface area contributed by atoms with Crippen LogP contribution >= 0.6 is 34.8 Å². The van der Waals surface area contributed by atoms with Crippen molar-refractivity contribution in [3.63, 3.8) is 0 Å². The van der Waals surface area contributed by atoms with E-state index in [2.05, 4.69) is 0 Å². The molecule has 4 aromatic rings. The largest absolute Gasteiger partial charge is 0.288 e. The second kappa shape index (κ2) is 8.72. The SMILES string of the molecule is Cc1c(C(=O)c2ccccc2Cl)c(-c2ccccc2)cc(=O)n1-c1c(Cl)cccc1Cl. The molecule has 0 amide bonds. The zero-order valence-corrected chi connectivity index (χ0v) is 18.7. The average Bonchev–Trinajstić information content (AvgIpc) is 2.76. The van der Waals surface area contributed by atoms with E-state index in [0.717, 1.165) is 5.56 Å². The molecule has 0 spiro atoms. The molecule has 31 heavy (non-hydrogen) atoms. The van der Waals surface area contributed by atoms with Gasteiger partial charge in [-0.2, -0.15) is 0 Å². The van der Waals surface area contributed by atoms with E-state index < -0.39 is 0 Å². The number of carbonyl (C=O) groups excluding carboxylic acids is 1. The smallest absolute Gasteiger partial charge is 0.256 e. The van der Waals surface area contributed by atoms with Gasteiger partial charge in [0.25, 0.3) is 5.56 Å². The molecule has 154 valence electrons. The Morgan fingerprint density at radius 3 is 2.00 bits per heavy atom. The summed E-state index contributed by atoms with van der Waals surface area (Å²) in [5, 5.41) is 0.946. The van der Waals surface area contributed by atoms with Crippen LogP contribution in [0.5, 0.6) is 0 Å². The van der Waals surface area contributed by atoms with Crippen molar-refractivity contribution in [1.29, 1.82) is 0 Å². The Morgan fingerprint density at radius 2 is 1.35 bits per heavy atom. The second-order valence-electron chi connectivity index (χ2n) is 6.94. The summed E-state index contributed by atoms with van der Waals surface area (Å²) in [7, 11) is 0. The number of pyridine rings is 1. The highest BCUT2D eigenvalue weighted by Crippen LogP contribution is 2.33. The fourth-order valence-electron chi connectivity index (χ4n) is 3.62. The molecule has 0 bridgehead atoms. The lowest BCUT2D eigenvalue weighted by molar-refractivity contribution is 0.103. The summed E-state index contributed by atoms with van der Waals surface area (Å²) in [5.74, 6) is -0.293. The zero-order valence-electron chi connectivity index (χ0n) is 16.4. The first-order valence-electron chi connectivity index (χ1n) is 9.46. The van der Waals surface area contributed by atoms with Crippen molar-refractivity contribution >= 4 is 40.6 Å². The highest BCUT2D eigenvalue weighted by Gasteiger charge is 2.24. The molecule has 0 aliphatic heterocycles. The van der Waals surface area contributed by atoms with Gasteiger partial charge < -0.3 is 0 Å². The first kappa shape index (κ1) is 21.4. The summed E-state index contributed by atoms with van der Waals surface area (Å²) in [6.07, 6.45) is 0. The van der Waals surface area contributed by atoms with Gasteiger partial charge in [0.05, 0.1) is 26.3 Å². The van der Waals surface area contributed by atoms with Gasteiger partial charge in [0.1, 0.15) is 0 Å². The Labute approximate surface area is 194 Å². The number of hydrogen-bond donors (Lipinski definition) is 0. The van der Waals surface area contributed by atoms with Crippen LogP contribution in [0.25, 0.3) is 16.8 Å². The maximum Gasteiger partial charge on any atom is 0.256 e. The third kappa shape index (κ3) is 3.92. The summed E-state index contributed by atoms with van der Waals surface area (Å²) in [6, 6.07) is 22.5. The average molecular weight is 469 g/mol. The molecule has 3 aromatic carbocycles. The van der Waals surface area contributed by atoms with Crippen molar-refractivity contribution in [2.75, 3.05) is 0 Å². The standard InChI is InChI=1S/C25H16Cl3NO2/c1-15-23(25(31)17-10-5-6-11-19(17)26)18(16-8-3-2-4-9-16)14-22(30)29(15)24-20(27)12-7-13-21(24)28/h2-14H,1H3. The van der Waals surface area contributed by atoms with Crippen molar-refractivity contribution < 1.29 is 4.79 Å². The molecule has 0 aliphatic carbocycles. The fraction of sp³-hybridized carbons (Fsp3) is 0.0400. The molecule has 4 rings (SSSR count). The minimum absolute atomic E-state index is 0.293. The van der Waals surface area contributed by atoms with E-state index >= 15 is 0 Å². The van der Waals surface area contributed by atoms with Crippen molar-refractivity contribution in [2.45, 2.75) is 6.92 Å². The maximum absolute atomic E-state index is 13.7. The molecule has 0 saturated carbocycles. The van der Waals surface area contributed by atoms with E-state index in [9.17, 15) is 9.59 Å². The van der Waals surface area contributed by atoms with Crippen LogP contribution in [0.2, 0.25) is 15.1 Å². The minimum atomic E-state index is -0.345. The molecule has 0 radical (unpaired) electrons. The number of halogens is 3. The summed E-state index contributed by atoms with van der Waals surface area (Å²) in [4.78, 5) is 26.9. The monoisotopic (exact) mass is 467 g/mol. The number of hydrogen-bond acceptors (Lipinski definition) is 2. The van der Waals surface area contributed by atoms with Crippen molar-refractivity contribution in [2.24, 2.45) is 0 Å². The first-order chi connectivity index (χ1) is 14.9. The molecule has 1 aromatic heterocycles. The van der Waals surface area contributed by atoms with Crippen molar-refractivity contribution in [3.8, 4) is 16.8 Å². The molecule has 1 heterocycles. The number of para-hydroxylation sites is 1. The van der Waals surface area contributed by atoms with Gasteiger partial charge in [-0.3, -0.25) is 14.2 Å². The van der Waals surface area contributed by atoms with E-state index in [4.69, 9.17) is 34.8 Å². The molecule has 0 atom stereocenters. The first-order valence-corrected chi connectivity index (χ1v) is 10.6. The molecule has 3 nitrogen and oxygen atoms in total. The zero-order chi connectivity index (χ0) is 22.1. The van der Waals surface area contributed by atoms with Crippen LogP contribution in [0.4, 0.5) is 0 Å². The lowest BCUT2D eigenvalue weighted by Gasteiger charge is -2.19. The number of carbonyl (C=O) groups is 1. The van der Waals surface area contributed by atoms with Gasteiger partial charge in [-0.15, -0.1) is 0 Å². The van der Waals surface area contributed by atoms with Crippen molar-refractivity contribution in [3.05, 3.63) is 121 Å². The predicted molar refractivity (Wildman–Crippen MR) is 127 cm³/mol. The fourth-order valence-corrected chi connectivity index (χ4v) is 4.41. The minimum Gasteiger partial charge on any atom is -0.288 e. The number of nitrogens with zero attached hydrogens (tertiary/aromatic N) is 1. The van der Waals surface area contributed by atoms with E-state index in [0.29, 0.717) is 43.1 Å².